The second kappa shape index (κ2) is 9.52. The molecule has 0 radical (unpaired) electrons. The van der Waals surface area contributed by atoms with Crippen LogP contribution >= 0.6 is 39.3 Å². The number of nitrogens with zero attached hydrogens (tertiary/aromatic N) is 1. The van der Waals surface area contributed by atoms with Gasteiger partial charge in [-0.05, 0) is 50.5 Å². The van der Waals surface area contributed by atoms with Gasteiger partial charge in [-0.1, -0.05) is 27.5 Å². The Morgan fingerprint density at radius 2 is 2.06 bits per heavy atom. The number of aliphatic hydroxyl groups is 1. The molecule has 2 N–H and O–H groups in total. The number of alkyl halides is 1. The van der Waals surface area contributed by atoms with Gasteiger partial charge < -0.3 is 20.1 Å². The SMILES string of the molecule is CCOC(=O)[C@H]1[C@@H]2SC3(CC2Br)C(C(=O)Nc2ccc(Cl)cc2)N(CCCCO)C(=O)[C@H]13. The monoisotopic (exact) mass is 544 g/mol. The van der Waals surface area contributed by atoms with Crippen molar-refractivity contribution in [3.8, 4) is 0 Å². The van der Waals surface area contributed by atoms with Crippen LogP contribution in [0.5, 0.6) is 0 Å². The maximum atomic E-state index is 13.6. The number of carbonyl (C=O) groups is 3. The largest absolute Gasteiger partial charge is 0.466 e. The molecule has 0 saturated carbocycles. The van der Waals surface area contributed by atoms with Gasteiger partial charge in [-0.25, -0.2) is 0 Å². The Morgan fingerprint density at radius 1 is 1.34 bits per heavy atom. The number of amides is 2. The predicted molar refractivity (Wildman–Crippen MR) is 127 cm³/mol. The molecule has 2 bridgehead atoms. The molecule has 6 atom stereocenters. The van der Waals surface area contributed by atoms with Gasteiger partial charge in [-0.2, -0.15) is 0 Å². The Morgan fingerprint density at radius 3 is 2.72 bits per heavy atom. The van der Waals surface area contributed by atoms with Crippen LogP contribution in [0.15, 0.2) is 24.3 Å². The number of carbonyl (C=O) groups excluding carboxylic acids is 3. The number of likely N-dealkylation sites (tertiary alicyclic amines) is 1. The number of fused-ring (bicyclic) bond motifs is 1. The van der Waals surface area contributed by atoms with Crippen LogP contribution in [0, 0.1) is 11.8 Å². The fourth-order valence-electron chi connectivity index (χ4n) is 5.32. The number of benzene rings is 1. The minimum Gasteiger partial charge on any atom is -0.466 e. The molecule has 0 aliphatic carbocycles. The first-order valence-corrected chi connectivity index (χ1v) is 13.0. The summed E-state index contributed by atoms with van der Waals surface area (Å²) in [6, 6.07) is 6.10. The lowest BCUT2D eigenvalue weighted by Crippen LogP contribution is -2.52. The molecule has 3 fully saturated rings. The topological polar surface area (TPSA) is 95.9 Å². The van der Waals surface area contributed by atoms with Crippen molar-refractivity contribution in [2.45, 2.75) is 47.1 Å². The number of ether oxygens (including phenoxy) is 1. The lowest BCUT2D eigenvalue weighted by atomic mass is 9.71. The highest BCUT2D eigenvalue weighted by Gasteiger charge is 2.75. The zero-order valence-corrected chi connectivity index (χ0v) is 20.8. The van der Waals surface area contributed by atoms with E-state index in [0.717, 1.165) is 0 Å². The Labute approximate surface area is 204 Å². The van der Waals surface area contributed by atoms with Crippen molar-refractivity contribution in [1.82, 2.24) is 4.90 Å². The number of anilines is 1. The molecule has 10 heteroatoms. The van der Waals surface area contributed by atoms with E-state index in [1.807, 2.05) is 0 Å². The van der Waals surface area contributed by atoms with Gasteiger partial charge >= 0.3 is 5.97 Å². The normalized spacial score (nSPS) is 32.8. The predicted octanol–water partition coefficient (Wildman–Crippen LogP) is 3.08. The molecule has 7 nitrogen and oxygen atoms in total. The first kappa shape index (κ1) is 23.9. The van der Waals surface area contributed by atoms with Crippen molar-refractivity contribution in [2.75, 3.05) is 25.1 Å². The summed E-state index contributed by atoms with van der Waals surface area (Å²) in [5, 5.41) is 12.6. The third kappa shape index (κ3) is 3.95. The summed E-state index contributed by atoms with van der Waals surface area (Å²) in [6.07, 6.45) is 1.72. The van der Waals surface area contributed by atoms with Crippen molar-refractivity contribution >= 4 is 62.8 Å². The van der Waals surface area contributed by atoms with Crippen molar-refractivity contribution in [3.63, 3.8) is 0 Å². The number of hydrogen-bond donors (Lipinski definition) is 2. The summed E-state index contributed by atoms with van der Waals surface area (Å²) in [7, 11) is 0. The van der Waals surface area contributed by atoms with Gasteiger partial charge in [0.2, 0.25) is 11.8 Å². The van der Waals surface area contributed by atoms with E-state index in [2.05, 4.69) is 21.2 Å². The molecule has 0 aromatic heterocycles. The molecule has 4 rings (SSSR count). The Hall–Kier alpha value is -1.29. The summed E-state index contributed by atoms with van der Waals surface area (Å²) in [5.41, 5.74) is 0.594. The summed E-state index contributed by atoms with van der Waals surface area (Å²) < 4.78 is 4.62. The quantitative estimate of drug-likeness (QED) is 0.296. The second-order valence-corrected chi connectivity index (χ2v) is 11.5. The number of esters is 1. The van der Waals surface area contributed by atoms with Crippen LogP contribution in [-0.2, 0) is 19.1 Å². The molecule has 3 saturated heterocycles. The van der Waals surface area contributed by atoms with Crippen molar-refractivity contribution in [1.29, 1.82) is 0 Å². The average Bonchev–Trinajstić information content (AvgIpc) is 3.34. The van der Waals surface area contributed by atoms with Gasteiger partial charge in [-0.15, -0.1) is 11.8 Å². The summed E-state index contributed by atoms with van der Waals surface area (Å²) >= 11 is 11.2. The molecule has 3 aliphatic heterocycles. The molecule has 32 heavy (non-hydrogen) atoms. The van der Waals surface area contributed by atoms with E-state index >= 15 is 0 Å². The summed E-state index contributed by atoms with van der Waals surface area (Å²) in [4.78, 5) is 41.7. The highest BCUT2D eigenvalue weighted by Crippen LogP contribution is 2.67. The first-order chi connectivity index (χ1) is 15.3. The molecule has 3 heterocycles. The third-order valence-corrected chi connectivity index (χ3v) is 9.99. The number of nitrogens with one attached hydrogen (secondary N) is 1. The number of halogens is 2. The second-order valence-electron chi connectivity index (χ2n) is 8.37. The van der Waals surface area contributed by atoms with E-state index in [1.54, 1.807) is 47.9 Å². The zero-order chi connectivity index (χ0) is 23.0. The minimum absolute atomic E-state index is 0.00850. The van der Waals surface area contributed by atoms with Crippen LogP contribution in [0.1, 0.15) is 26.2 Å². The highest BCUT2D eigenvalue weighted by atomic mass is 79.9. The lowest BCUT2D eigenvalue weighted by molar-refractivity contribution is -0.153. The standard InChI is InChI=1S/C22H26BrClN2O5S/c1-2-31-21(30)15-16-20(29)26(9-3-4-10-27)18(22(16)11-14(23)17(15)32-22)19(28)25-13-7-5-12(24)6-8-13/h5-8,14-18,27H,2-4,9-11H2,1H3,(H,25,28)/t14?,15-,16+,17-,18?,22?/m1/s1. The molecule has 1 aromatic rings. The van der Waals surface area contributed by atoms with E-state index in [0.29, 0.717) is 36.5 Å². The first-order valence-electron chi connectivity index (χ1n) is 10.8. The fourth-order valence-corrected chi connectivity index (χ4v) is 9.04. The molecule has 2 amide bonds. The molecule has 1 spiro atoms. The van der Waals surface area contributed by atoms with Gasteiger partial charge in [0.1, 0.15) is 6.04 Å². The third-order valence-electron chi connectivity index (χ3n) is 6.52. The molecular weight excluding hydrogens is 520 g/mol. The van der Waals surface area contributed by atoms with Gasteiger partial charge in [-0.3, -0.25) is 14.4 Å². The fraction of sp³-hybridized carbons (Fsp3) is 0.591. The van der Waals surface area contributed by atoms with Gasteiger partial charge in [0.05, 0.1) is 23.2 Å². The van der Waals surface area contributed by atoms with Crippen LogP contribution < -0.4 is 5.32 Å². The minimum atomic E-state index is -0.719. The number of hydrogen-bond acceptors (Lipinski definition) is 6. The van der Waals surface area contributed by atoms with E-state index in [1.165, 1.54) is 0 Å². The van der Waals surface area contributed by atoms with Crippen molar-refractivity contribution < 1.29 is 24.2 Å². The Bertz CT molecular complexity index is 903. The zero-order valence-electron chi connectivity index (χ0n) is 17.6. The Kier molecular flexibility index (Phi) is 7.10. The maximum absolute atomic E-state index is 13.6. The number of unbranched alkanes of at least 4 members (excludes halogenated alkanes) is 1. The van der Waals surface area contributed by atoms with Crippen LogP contribution in [0.4, 0.5) is 5.69 Å². The van der Waals surface area contributed by atoms with Crippen LogP contribution in [0.3, 0.4) is 0 Å². The van der Waals surface area contributed by atoms with Crippen LogP contribution in [-0.4, -0.2) is 68.4 Å². The number of rotatable bonds is 8. The summed E-state index contributed by atoms with van der Waals surface area (Å²) in [5.74, 6) is -2.00. The molecule has 3 unspecified atom stereocenters. The van der Waals surface area contributed by atoms with E-state index in [4.69, 9.17) is 16.3 Å². The van der Waals surface area contributed by atoms with Gasteiger partial charge in [0.15, 0.2) is 0 Å². The maximum Gasteiger partial charge on any atom is 0.310 e. The van der Waals surface area contributed by atoms with E-state index in [-0.39, 0.29) is 41.1 Å². The molecule has 174 valence electrons. The van der Waals surface area contributed by atoms with E-state index in [9.17, 15) is 19.5 Å². The van der Waals surface area contributed by atoms with Gasteiger partial charge in [0, 0.05) is 33.9 Å². The number of thioether (sulfide) groups is 1. The van der Waals surface area contributed by atoms with Gasteiger partial charge in [0.25, 0.3) is 0 Å². The Balaban J connectivity index is 1.68. The van der Waals surface area contributed by atoms with Crippen molar-refractivity contribution in [3.05, 3.63) is 29.3 Å². The van der Waals surface area contributed by atoms with Crippen molar-refractivity contribution in [2.24, 2.45) is 11.8 Å². The number of aliphatic hydroxyl groups excluding tert-OH is 1. The average molecular weight is 546 g/mol. The molecule has 3 aliphatic rings. The summed E-state index contributed by atoms with van der Waals surface area (Å²) in [6.45, 7) is 2.36. The molecular formula is C22H26BrClN2O5S. The molecule has 1 aromatic carbocycles. The lowest BCUT2D eigenvalue weighted by Gasteiger charge is -2.35. The smallest absolute Gasteiger partial charge is 0.310 e. The highest BCUT2D eigenvalue weighted by molar-refractivity contribution is 9.09. The van der Waals surface area contributed by atoms with E-state index < -0.39 is 22.6 Å². The van der Waals surface area contributed by atoms with Crippen LogP contribution in [0.25, 0.3) is 0 Å². The van der Waals surface area contributed by atoms with Crippen LogP contribution in [0.2, 0.25) is 5.02 Å².